The summed E-state index contributed by atoms with van der Waals surface area (Å²) in [4.78, 5) is 23.1. The van der Waals surface area contributed by atoms with Crippen LogP contribution in [-0.4, -0.2) is 34.2 Å². The van der Waals surface area contributed by atoms with Gasteiger partial charge in [0.1, 0.15) is 11.7 Å². The Balaban J connectivity index is 4.94. The first-order valence-corrected chi connectivity index (χ1v) is 6.10. The molecule has 1 amide bonds. The minimum atomic E-state index is -1.26. The van der Waals surface area contributed by atoms with Gasteiger partial charge in [0.05, 0.1) is 5.54 Å². The summed E-state index contributed by atoms with van der Waals surface area (Å²) in [5, 5.41) is 12.5. The number of ketones is 1. The van der Waals surface area contributed by atoms with Crippen LogP contribution in [0.3, 0.4) is 0 Å². The minimum absolute atomic E-state index is 0.121. The third-order valence-electron chi connectivity index (χ3n) is 2.92. The van der Waals surface area contributed by atoms with Crippen LogP contribution in [0.25, 0.3) is 0 Å². The molecule has 0 aliphatic rings. The van der Waals surface area contributed by atoms with Gasteiger partial charge in [0.25, 0.3) is 0 Å². The van der Waals surface area contributed by atoms with Crippen LogP contribution in [0, 0.1) is 5.92 Å². The highest BCUT2D eigenvalue weighted by atomic mass is 16.6. The molecule has 0 radical (unpaired) electrons. The monoisotopic (exact) mass is 259 g/mol. The van der Waals surface area contributed by atoms with Crippen molar-refractivity contribution in [3.8, 4) is 0 Å². The molecule has 0 aliphatic heterocycles. The second kappa shape index (κ2) is 5.69. The van der Waals surface area contributed by atoms with Gasteiger partial charge in [-0.05, 0) is 40.5 Å². The van der Waals surface area contributed by atoms with E-state index < -0.39 is 23.3 Å². The van der Waals surface area contributed by atoms with Crippen molar-refractivity contribution < 1.29 is 19.4 Å². The van der Waals surface area contributed by atoms with Gasteiger partial charge in [0.2, 0.25) is 0 Å². The van der Waals surface area contributed by atoms with Gasteiger partial charge in [-0.1, -0.05) is 13.8 Å². The molecular formula is C13H25NO4. The molecule has 0 spiro atoms. The van der Waals surface area contributed by atoms with Crippen molar-refractivity contribution in [1.29, 1.82) is 0 Å². The third kappa shape index (κ3) is 4.64. The van der Waals surface area contributed by atoms with Gasteiger partial charge in [-0.3, -0.25) is 4.79 Å². The number of carbonyl (C=O) groups excluding carboxylic acids is 2. The van der Waals surface area contributed by atoms with Crippen molar-refractivity contribution in [3.63, 3.8) is 0 Å². The van der Waals surface area contributed by atoms with Gasteiger partial charge in [-0.15, -0.1) is 0 Å². The molecule has 106 valence electrons. The van der Waals surface area contributed by atoms with Gasteiger partial charge in [0, 0.05) is 0 Å². The number of aliphatic hydroxyl groups is 1. The number of ether oxygens (including phenoxy) is 1. The van der Waals surface area contributed by atoms with Crippen molar-refractivity contribution in [2.24, 2.45) is 5.92 Å². The minimum Gasteiger partial charge on any atom is -0.444 e. The largest absolute Gasteiger partial charge is 0.444 e. The van der Waals surface area contributed by atoms with Crippen LogP contribution in [0.1, 0.15) is 48.5 Å². The van der Waals surface area contributed by atoms with Gasteiger partial charge >= 0.3 is 6.09 Å². The van der Waals surface area contributed by atoms with Crippen LogP contribution >= 0.6 is 0 Å². The normalized spacial score (nSPS) is 16.9. The predicted octanol–water partition coefficient (Wildman–Crippen LogP) is 1.88. The second-order valence-electron chi connectivity index (χ2n) is 6.08. The molecule has 0 aromatic rings. The Morgan fingerprint density at radius 2 is 1.61 bits per heavy atom. The summed E-state index contributed by atoms with van der Waals surface area (Å²) in [6.45, 7) is 11.8. The molecule has 2 unspecified atom stereocenters. The Labute approximate surface area is 109 Å². The standard InChI is InChI=1S/C13H25NO4/c1-8(2)13(7,10(16)9(3)15)14-11(17)18-12(4,5)6/h8,10,16H,1-7H3,(H,14,17). The van der Waals surface area contributed by atoms with E-state index in [4.69, 9.17) is 4.74 Å². The molecule has 0 aliphatic carbocycles. The summed E-state index contributed by atoms with van der Waals surface area (Å²) in [6, 6.07) is 0. The number of aliphatic hydroxyl groups excluding tert-OH is 1. The zero-order chi connectivity index (χ0) is 14.7. The molecule has 5 heteroatoms. The summed E-state index contributed by atoms with van der Waals surface area (Å²) in [5.74, 6) is -0.508. The molecule has 2 atom stereocenters. The maximum Gasteiger partial charge on any atom is 0.408 e. The maximum absolute atomic E-state index is 11.8. The Kier molecular flexibility index (Phi) is 5.35. The van der Waals surface area contributed by atoms with E-state index in [-0.39, 0.29) is 11.7 Å². The summed E-state index contributed by atoms with van der Waals surface area (Å²) in [6.07, 6.45) is -1.90. The Bertz CT molecular complexity index is 319. The summed E-state index contributed by atoms with van der Waals surface area (Å²) in [7, 11) is 0. The number of hydrogen-bond acceptors (Lipinski definition) is 4. The zero-order valence-electron chi connectivity index (χ0n) is 12.3. The van der Waals surface area contributed by atoms with Gasteiger partial charge in [-0.2, -0.15) is 0 Å². The van der Waals surface area contributed by atoms with E-state index in [1.165, 1.54) is 6.92 Å². The molecule has 0 fully saturated rings. The van der Waals surface area contributed by atoms with Crippen molar-refractivity contribution in [3.05, 3.63) is 0 Å². The molecular weight excluding hydrogens is 234 g/mol. The fraction of sp³-hybridized carbons (Fsp3) is 0.846. The van der Waals surface area contributed by atoms with Crippen LogP contribution in [0.15, 0.2) is 0 Å². The first kappa shape index (κ1) is 16.9. The molecule has 0 aromatic heterocycles. The van der Waals surface area contributed by atoms with E-state index in [1.807, 2.05) is 13.8 Å². The number of Topliss-reactive ketones (excluding diaryl/α,β-unsaturated/α-hetero) is 1. The summed E-state index contributed by atoms with van der Waals surface area (Å²) >= 11 is 0. The molecule has 0 rings (SSSR count). The fourth-order valence-corrected chi connectivity index (χ4v) is 1.47. The number of nitrogens with one attached hydrogen (secondary N) is 1. The van der Waals surface area contributed by atoms with Gasteiger partial charge < -0.3 is 15.2 Å². The van der Waals surface area contributed by atoms with Crippen molar-refractivity contribution in [2.75, 3.05) is 0 Å². The highest BCUT2D eigenvalue weighted by Crippen LogP contribution is 2.22. The van der Waals surface area contributed by atoms with Crippen LogP contribution in [0.2, 0.25) is 0 Å². The van der Waals surface area contributed by atoms with Crippen molar-refractivity contribution in [1.82, 2.24) is 5.32 Å². The molecule has 18 heavy (non-hydrogen) atoms. The lowest BCUT2D eigenvalue weighted by molar-refractivity contribution is -0.130. The Hall–Kier alpha value is -1.10. The molecule has 2 N–H and O–H groups in total. The highest BCUT2D eigenvalue weighted by molar-refractivity contribution is 5.83. The summed E-state index contributed by atoms with van der Waals surface area (Å²) in [5.41, 5.74) is -1.67. The van der Waals surface area contributed by atoms with E-state index in [0.29, 0.717) is 0 Å². The first-order valence-electron chi connectivity index (χ1n) is 6.10. The zero-order valence-corrected chi connectivity index (χ0v) is 12.3. The fourth-order valence-electron chi connectivity index (χ4n) is 1.47. The van der Waals surface area contributed by atoms with Crippen LogP contribution in [0.4, 0.5) is 4.79 Å². The maximum atomic E-state index is 11.8. The SMILES string of the molecule is CC(=O)C(O)C(C)(NC(=O)OC(C)(C)C)C(C)C. The van der Waals surface area contributed by atoms with Crippen LogP contribution in [0.5, 0.6) is 0 Å². The smallest absolute Gasteiger partial charge is 0.408 e. The van der Waals surface area contributed by atoms with E-state index in [9.17, 15) is 14.7 Å². The highest BCUT2D eigenvalue weighted by Gasteiger charge is 2.41. The van der Waals surface area contributed by atoms with E-state index in [0.717, 1.165) is 0 Å². The van der Waals surface area contributed by atoms with Crippen molar-refractivity contribution >= 4 is 11.9 Å². The molecule has 0 heterocycles. The van der Waals surface area contributed by atoms with Gasteiger partial charge in [0.15, 0.2) is 5.78 Å². The Morgan fingerprint density at radius 1 is 1.17 bits per heavy atom. The quantitative estimate of drug-likeness (QED) is 0.808. The first-order chi connectivity index (χ1) is 7.90. The van der Waals surface area contributed by atoms with Crippen molar-refractivity contribution in [2.45, 2.75) is 65.7 Å². The average Bonchev–Trinajstić information content (AvgIpc) is 2.12. The molecule has 0 bridgehead atoms. The lowest BCUT2D eigenvalue weighted by Gasteiger charge is -2.38. The molecule has 0 aromatic carbocycles. The molecule has 0 saturated carbocycles. The summed E-state index contributed by atoms with van der Waals surface area (Å²) < 4.78 is 5.14. The van der Waals surface area contributed by atoms with Crippen LogP contribution in [-0.2, 0) is 9.53 Å². The van der Waals surface area contributed by atoms with E-state index >= 15 is 0 Å². The predicted molar refractivity (Wildman–Crippen MR) is 69.3 cm³/mol. The number of hydrogen-bond donors (Lipinski definition) is 2. The van der Waals surface area contributed by atoms with Gasteiger partial charge in [-0.25, -0.2) is 4.79 Å². The van der Waals surface area contributed by atoms with Crippen LogP contribution < -0.4 is 5.32 Å². The molecule has 0 saturated heterocycles. The van der Waals surface area contributed by atoms with E-state index in [2.05, 4.69) is 5.32 Å². The number of amides is 1. The topological polar surface area (TPSA) is 75.6 Å². The molecule has 5 nitrogen and oxygen atoms in total. The Morgan fingerprint density at radius 3 is 1.89 bits per heavy atom. The average molecular weight is 259 g/mol. The lowest BCUT2D eigenvalue weighted by Crippen LogP contribution is -2.60. The number of alkyl carbamates (subject to hydrolysis) is 1. The van der Waals surface area contributed by atoms with E-state index in [1.54, 1.807) is 27.7 Å². The lowest BCUT2D eigenvalue weighted by atomic mass is 9.81. The number of carbonyl (C=O) groups is 2. The number of rotatable bonds is 4. The second-order valence-corrected chi connectivity index (χ2v) is 6.08. The third-order valence-corrected chi connectivity index (χ3v) is 2.92.